The lowest BCUT2D eigenvalue weighted by molar-refractivity contribution is -0.147. The van der Waals surface area contributed by atoms with Gasteiger partial charge in [-0.2, -0.15) is 4.52 Å². The monoisotopic (exact) mass is 416 g/mol. The Hall–Kier alpha value is -2.65. The molecular formula is C20H24N4O4S. The van der Waals surface area contributed by atoms with E-state index >= 15 is 0 Å². The number of hydrogen-bond donors (Lipinski definition) is 1. The number of piperidine rings is 1. The van der Waals surface area contributed by atoms with Gasteiger partial charge in [0.1, 0.15) is 11.6 Å². The third kappa shape index (κ3) is 3.67. The second kappa shape index (κ2) is 8.00. The van der Waals surface area contributed by atoms with Crippen molar-refractivity contribution in [3.8, 4) is 11.6 Å². The summed E-state index contributed by atoms with van der Waals surface area (Å²) in [7, 11) is 3.07. The Balaban J connectivity index is 1.70. The molecule has 3 aromatic rings. The molecule has 1 fully saturated rings. The zero-order valence-electron chi connectivity index (χ0n) is 16.7. The average Bonchev–Trinajstić information content (AvgIpc) is 3.26. The highest BCUT2D eigenvalue weighted by Crippen LogP contribution is 2.41. The number of aromatic hydroxyl groups is 1. The number of carbonyl (C=O) groups is 1. The van der Waals surface area contributed by atoms with Gasteiger partial charge in [0.25, 0.3) is 0 Å². The fourth-order valence-electron chi connectivity index (χ4n) is 3.90. The molecule has 1 aliphatic heterocycles. The van der Waals surface area contributed by atoms with Gasteiger partial charge in [-0.25, -0.2) is 4.98 Å². The van der Waals surface area contributed by atoms with Crippen molar-refractivity contribution in [1.82, 2.24) is 19.5 Å². The molecule has 2 aromatic heterocycles. The quantitative estimate of drug-likeness (QED) is 0.640. The second-order valence-corrected chi connectivity index (χ2v) is 8.16. The zero-order chi connectivity index (χ0) is 20.5. The van der Waals surface area contributed by atoms with Crippen molar-refractivity contribution in [3.05, 3.63) is 40.5 Å². The third-order valence-corrected chi connectivity index (χ3v) is 6.49. The maximum absolute atomic E-state index is 11.9. The van der Waals surface area contributed by atoms with Crippen LogP contribution in [0.15, 0.2) is 24.3 Å². The average molecular weight is 417 g/mol. The van der Waals surface area contributed by atoms with E-state index in [4.69, 9.17) is 9.47 Å². The number of fused-ring (bicyclic) bond motifs is 1. The first-order valence-corrected chi connectivity index (χ1v) is 10.3. The maximum atomic E-state index is 11.9. The fourth-order valence-corrected chi connectivity index (χ4v) is 5.06. The van der Waals surface area contributed by atoms with E-state index in [-0.39, 0.29) is 23.8 Å². The number of aryl methyl sites for hydroxylation is 1. The molecule has 0 unspecified atom stereocenters. The number of likely N-dealkylation sites (tertiary alicyclic amines) is 1. The Bertz CT molecular complexity index is 1010. The Kier molecular flexibility index (Phi) is 5.42. The lowest BCUT2D eigenvalue weighted by Crippen LogP contribution is -2.39. The van der Waals surface area contributed by atoms with Crippen molar-refractivity contribution in [1.29, 1.82) is 0 Å². The highest BCUT2D eigenvalue weighted by Gasteiger charge is 2.34. The van der Waals surface area contributed by atoms with Gasteiger partial charge in [0.15, 0.2) is 0 Å². The first-order valence-electron chi connectivity index (χ1n) is 9.52. The molecule has 1 aliphatic rings. The molecule has 8 nitrogen and oxygen atoms in total. The molecule has 0 amide bonds. The van der Waals surface area contributed by atoms with Gasteiger partial charge in [-0.3, -0.25) is 9.69 Å². The molecule has 0 saturated carbocycles. The SMILES string of the molecule is COC(=O)C1CCN([C@H](c2ccc(OC)cc2)c2sc3nc(C)nn3c2O)CC1. The highest BCUT2D eigenvalue weighted by atomic mass is 32.1. The van der Waals surface area contributed by atoms with E-state index in [2.05, 4.69) is 15.0 Å². The summed E-state index contributed by atoms with van der Waals surface area (Å²) in [6.45, 7) is 3.25. The second-order valence-electron chi connectivity index (χ2n) is 7.15. The molecule has 1 saturated heterocycles. The lowest BCUT2D eigenvalue weighted by Gasteiger charge is -2.36. The molecule has 1 aromatic carbocycles. The summed E-state index contributed by atoms with van der Waals surface area (Å²) < 4.78 is 11.7. The van der Waals surface area contributed by atoms with E-state index in [0.29, 0.717) is 10.8 Å². The Labute approximate surface area is 172 Å². The number of carbonyl (C=O) groups excluding carboxylic acids is 1. The molecule has 1 N–H and O–H groups in total. The molecule has 0 aliphatic carbocycles. The van der Waals surface area contributed by atoms with Crippen LogP contribution in [0.5, 0.6) is 11.6 Å². The molecule has 0 spiro atoms. The Morgan fingerprint density at radius 1 is 1.24 bits per heavy atom. The van der Waals surface area contributed by atoms with Crippen LogP contribution >= 0.6 is 11.3 Å². The summed E-state index contributed by atoms with van der Waals surface area (Å²) in [6, 6.07) is 7.70. The summed E-state index contributed by atoms with van der Waals surface area (Å²) in [5.74, 6) is 1.29. The topological polar surface area (TPSA) is 89.2 Å². The molecule has 0 bridgehead atoms. The van der Waals surface area contributed by atoms with E-state index < -0.39 is 0 Å². The van der Waals surface area contributed by atoms with Crippen LogP contribution in [0.2, 0.25) is 0 Å². The van der Waals surface area contributed by atoms with Crippen LogP contribution in [0.25, 0.3) is 4.96 Å². The van der Waals surface area contributed by atoms with Crippen LogP contribution in [0, 0.1) is 12.8 Å². The van der Waals surface area contributed by atoms with Crippen molar-refractivity contribution in [2.75, 3.05) is 27.3 Å². The van der Waals surface area contributed by atoms with Crippen LogP contribution in [-0.2, 0) is 9.53 Å². The van der Waals surface area contributed by atoms with Gasteiger partial charge >= 0.3 is 5.97 Å². The van der Waals surface area contributed by atoms with Gasteiger partial charge in [-0.15, -0.1) is 5.10 Å². The highest BCUT2D eigenvalue weighted by molar-refractivity contribution is 7.17. The van der Waals surface area contributed by atoms with Crippen molar-refractivity contribution < 1.29 is 19.4 Å². The van der Waals surface area contributed by atoms with Crippen molar-refractivity contribution >= 4 is 22.3 Å². The maximum Gasteiger partial charge on any atom is 0.308 e. The summed E-state index contributed by atoms with van der Waals surface area (Å²) >= 11 is 1.44. The third-order valence-electron chi connectivity index (χ3n) is 5.41. The van der Waals surface area contributed by atoms with Gasteiger partial charge in [-0.1, -0.05) is 23.5 Å². The first kappa shape index (κ1) is 19.7. The number of esters is 1. The minimum Gasteiger partial charge on any atom is -0.497 e. The van der Waals surface area contributed by atoms with Gasteiger partial charge < -0.3 is 14.6 Å². The van der Waals surface area contributed by atoms with E-state index in [0.717, 1.165) is 42.1 Å². The minimum atomic E-state index is -0.159. The van der Waals surface area contributed by atoms with E-state index in [9.17, 15) is 9.90 Å². The van der Waals surface area contributed by atoms with Crippen molar-refractivity contribution in [3.63, 3.8) is 0 Å². The minimum absolute atomic E-state index is 0.0775. The van der Waals surface area contributed by atoms with Gasteiger partial charge in [0.2, 0.25) is 10.8 Å². The number of ether oxygens (including phenoxy) is 2. The first-order chi connectivity index (χ1) is 14.0. The van der Waals surface area contributed by atoms with E-state index in [1.807, 2.05) is 24.3 Å². The standard InChI is InChI=1S/C20H24N4O4S/c1-12-21-20-24(22-12)18(25)17(29-20)16(13-4-6-15(27-2)7-5-13)23-10-8-14(9-11-23)19(26)28-3/h4-7,14,16,25H,8-11H2,1-3H3/t16-/m1/s1. The zero-order valence-corrected chi connectivity index (χ0v) is 17.5. The number of methoxy groups -OCH3 is 2. The number of thiazole rings is 1. The van der Waals surface area contributed by atoms with Crippen LogP contribution in [0.1, 0.15) is 35.1 Å². The summed E-state index contributed by atoms with van der Waals surface area (Å²) in [5.41, 5.74) is 1.04. The predicted octanol–water partition coefficient (Wildman–Crippen LogP) is 2.79. The summed E-state index contributed by atoms with van der Waals surface area (Å²) in [5, 5.41) is 15.2. The lowest BCUT2D eigenvalue weighted by atomic mass is 9.93. The van der Waals surface area contributed by atoms with Crippen LogP contribution in [0.3, 0.4) is 0 Å². The van der Waals surface area contributed by atoms with Gasteiger partial charge in [0.05, 0.1) is 31.1 Å². The molecule has 4 rings (SSSR count). The number of hydrogen-bond acceptors (Lipinski definition) is 8. The normalized spacial score (nSPS) is 16.8. The summed E-state index contributed by atoms with van der Waals surface area (Å²) in [6.07, 6.45) is 1.44. The molecule has 154 valence electrons. The number of rotatable bonds is 5. The van der Waals surface area contributed by atoms with Gasteiger partial charge in [-0.05, 0) is 50.6 Å². The molecule has 9 heteroatoms. The van der Waals surface area contributed by atoms with Gasteiger partial charge in [0, 0.05) is 0 Å². The summed E-state index contributed by atoms with van der Waals surface area (Å²) in [4.78, 5) is 20.1. The van der Waals surface area contributed by atoms with E-state index in [1.54, 1.807) is 14.0 Å². The largest absolute Gasteiger partial charge is 0.497 e. The van der Waals surface area contributed by atoms with Crippen molar-refractivity contribution in [2.24, 2.45) is 5.92 Å². The fraction of sp³-hybridized carbons (Fsp3) is 0.450. The molecular weight excluding hydrogens is 392 g/mol. The number of aromatic nitrogens is 3. The van der Waals surface area contributed by atoms with Crippen LogP contribution in [-0.4, -0.2) is 57.9 Å². The van der Waals surface area contributed by atoms with Crippen LogP contribution in [0.4, 0.5) is 0 Å². The smallest absolute Gasteiger partial charge is 0.308 e. The Morgan fingerprint density at radius 3 is 2.52 bits per heavy atom. The van der Waals surface area contributed by atoms with Crippen LogP contribution < -0.4 is 4.74 Å². The van der Waals surface area contributed by atoms with E-state index in [1.165, 1.54) is 23.0 Å². The molecule has 0 radical (unpaired) electrons. The molecule has 3 heterocycles. The molecule has 1 atom stereocenters. The molecule has 29 heavy (non-hydrogen) atoms. The predicted molar refractivity (Wildman–Crippen MR) is 108 cm³/mol. The number of benzene rings is 1. The number of nitrogens with zero attached hydrogens (tertiary/aromatic N) is 4. The Morgan fingerprint density at radius 2 is 1.93 bits per heavy atom. The van der Waals surface area contributed by atoms with Crippen molar-refractivity contribution in [2.45, 2.75) is 25.8 Å².